The molecule has 2 heteroatoms. The Hall–Kier alpha value is -0.530. The van der Waals surface area contributed by atoms with Gasteiger partial charge in [-0.15, -0.1) is 0 Å². The average molecular weight is 253 g/mol. The zero-order valence-electron chi connectivity index (χ0n) is 14.0. The van der Waals surface area contributed by atoms with Gasteiger partial charge in [-0.2, -0.15) is 0 Å². The van der Waals surface area contributed by atoms with E-state index in [1.807, 2.05) is 0 Å². The molecule has 0 aromatic carbocycles. The maximum atomic E-state index is 2.57. The minimum atomic E-state index is 0.186. The summed E-state index contributed by atoms with van der Waals surface area (Å²) >= 11 is 0. The van der Waals surface area contributed by atoms with E-state index in [4.69, 9.17) is 0 Å². The molecule has 1 rings (SSSR count). The summed E-state index contributed by atoms with van der Waals surface area (Å²) in [7, 11) is 0. The van der Waals surface area contributed by atoms with E-state index in [-0.39, 0.29) is 16.6 Å². The molecule has 0 aliphatic carbocycles. The fourth-order valence-corrected chi connectivity index (χ4v) is 2.88. The SMILES string of the molecule is CCC(C)(C)N1C=[N+](C(C)(C)CC)C(C)C1(C)C. The number of hydrogen-bond acceptors (Lipinski definition) is 1. The van der Waals surface area contributed by atoms with Crippen molar-refractivity contribution in [3.8, 4) is 0 Å². The highest BCUT2D eigenvalue weighted by Crippen LogP contribution is 2.36. The third-order valence-electron chi connectivity index (χ3n) is 5.38. The lowest BCUT2D eigenvalue weighted by Gasteiger charge is -2.39. The highest BCUT2D eigenvalue weighted by Gasteiger charge is 2.54. The highest BCUT2D eigenvalue weighted by molar-refractivity contribution is 5.55. The molecule has 1 atom stereocenters. The van der Waals surface area contributed by atoms with Gasteiger partial charge in [0.05, 0.1) is 0 Å². The van der Waals surface area contributed by atoms with Gasteiger partial charge in [-0.3, -0.25) is 9.48 Å². The van der Waals surface area contributed by atoms with Gasteiger partial charge >= 0.3 is 0 Å². The van der Waals surface area contributed by atoms with Crippen LogP contribution in [0.5, 0.6) is 0 Å². The molecule has 0 aromatic heterocycles. The maximum absolute atomic E-state index is 2.57. The van der Waals surface area contributed by atoms with E-state index in [1.165, 1.54) is 12.8 Å². The molecule has 18 heavy (non-hydrogen) atoms. The van der Waals surface area contributed by atoms with Crippen LogP contribution in [0.25, 0.3) is 0 Å². The summed E-state index contributed by atoms with van der Waals surface area (Å²) in [5.41, 5.74) is 0.636. The standard InChI is InChI=1S/C16H33N2/c1-10-14(4,5)17-12-18(15(6,7)11-2)16(8,9)13(17)3/h12-13H,10-11H2,1-9H3/q+1. The van der Waals surface area contributed by atoms with E-state index in [0.29, 0.717) is 6.04 Å². The number of hydrogen-bond donors (Lipinski definition) is 0. The monoisotopic (exact) mass is 253 g/mol. The molecule has 1 heterocycles. The van der Waals surface area contributed by atoms with Crippen LogP contribution >= 0.6 is 0 Å². The van der Waals surface area contributed by atoms with Crippen molar-refractivity contribution in [3.63, 3.8) is 0 Å². The predicted molar refractivity (Wildman–Crippen MR) is 80.4 cm³/mol. The lowest BCUT2D eigenvalue weighted by atomic mass is 9.87. The Balaban J connectivity index is 3.22. The second kappa shape index (κ2) is 4.54. The van der Waals surface area contributed by atoms with Crippen molar-refractivity contribution in [1.82, 2.24) is 4.90 Å². The van der Waals surface area contributed by atoms with Crippen molar-refractivity contribution in [2.24, 2.45) is 0 Å². The van der Waals surface area contributed by atoms with Crippen LogP contribution in [0, 0.1) is 0 Å². The molecule has 0 saturated heterocycles. The van der Waals surface area contributed by atoms with E-state index >= 15 is 0 Å². The Labute approximate surface area is 114 Å². The van der Waals surface area contributed by atoms with Crippen molar-refractivity contribution in [1.29, 1.82) is 0 Å². The highest BCUT2D eigenvalue weighted by atomic mass is 15.4. The van der Waals surface area contributed by atoms with Gasteiger partial charge in [0.25, 0.3) is 0 Å². The quantitative estimate of drug-likeness (QED) is 0.689. The normalized spacial score (nSPS) is 24.4. The second-order valence-electron chi connectivity index (χ2n) is 7.55. The molecule has 0 bridgehead atoms. The topological polar surface area (TPSA) is 6.25 Å². The molecule has 1 aliphatic rings. The summed E-state index contributed by atoms with van der Waals surface area (Å²) in [6, 6.07) is 0.540. The molecular weight excluding hydrogens is 220 g/mol. The molecule has 0 aromatic rings. The van der Waals surface area contributed by atoms with Crippen LogP contribution in [-0.4, -0.2) is 38.5 Å². The third-order valence-corrected chi connectivity index (χ3v) is 5.38. The van der Waals surface area contributed by atoms with Gasteiger partial charge in [-0.25, -0.2) is 0 Å². The zero-order chi connectivity index (χ0) is 14.4. The molecular formula is C16H33N2+. The predicted octanol–water partition coefficient (Wildman–Crippen LogP) is 3.89. The van der Waals surface area contributed by atoms with E-state index in [9.17, 15) is 0 Å². The summed E-state index contributed by atoms with van der Waals surface area (Å²) in [6.45, 7) is 21.1. The fraction of sp³-hybridized carbons (Fsp3) is 0.938. The van der Waals surface area contributed by atoms with Crippen LogP contribution in [0.2, 0.25) is 0 Å². The van der Waals surface area contributed by atoms with Gasteiger partial charge in [-0.05, 0) is 61.3 Å². The second-order valence-corrected chi connectivity index (χ2v) is 7.55. The first-order valence-corrected chi connectivity index (χ1v) is 7.43. The summed E-state index contributed by atoms with van der Waals surface area (Å²) in [5, 5.41) is 0. The Morgan fingerprint density at radius 1 is 1.11 bits per heavy atom. The maximum Gasteiger partial charge on any atom is 0.235 e. The van der Waals surface area contributed by atoms with Crippen LogP contribution in [0.4, 0.5) is 0 Å². The summed E-state index contributed by atoms with van der Waals surface area (Å²) < 4.78 is 2.56. The smallest absolute Gasteiger partial charge is 0.235 e. The molecule has 1 unspecified atom stereocenters. The van der Waals surface area contributed by atoms with Crippen molar-refractivity contribution in [2.45, 2.75) is 97.8 Å². The van der Waals surface area contributed by atoms with Gasteiger partial charge in [0.15, 0.2) is 0 Å². The molecule has 106 valence electrons. The Kier molecular flexibility index (Phi) is 3.92. The van der Waals surface area contributed by atoms with E-state index in [1.54, 1.807) is 0 Å². The Morgan fingerprint density at radius 2 is 1.61 bits per heavy atom. The summed E-state index contributed by atoms with van der Waals surface area (Å²) in [5.74, 6) is 0. The van der Waals surface area contributed by atoms with Crippen molar-refractivity contribution >= 4 is 6.34 Å². The first-order chi connectivity index (χ1) is 8.00. The first-order valence-electron chi connectivity index (χ1n) is 7.43. The summed E-state index contributed by atoms with van der Waals surface area (Å²) in [6.07, 6.45) is 4.72. The van der Waals surface area contributed by atoms with E-state index in [0.717, 1.165) is 0 Å². The van der Waals surface area contributed by atoms with E-state index in [2.05, 4.69) is 78.1 Å². The van der Waals surface area contributed by atoms with Gasteiger partial charge in [0, 0.05) is 0 Å². The van der Waals surface area contributed by atoms with Crippen LogP contribution in [-0.2, 0) is 0 Å². The lowest BCUT2D eigenvalue weighted by Crippen LogP contribution is -2.56. The lowest BCUT2D eigenvalue weighted by molar-refractivity contribution is -0.625. The van der Waals surface area contributed by atoms with Crippen LogP contribution < -0.4 is 0 Å². The zero-order valence-corrected chi connectivity index (χ0v) is 14.0. The van der Waals surface area contributed by atoms with Gasteiger partial charge in [0.1, 0.15) is 22.7 Å². The van der Waals surface area contributed by atoms with E-state index < -0.39 is 0 Å². The van der Waals surface area contributed by atoms with Gasteiger partial charge < -0.3 is 0 Å². The van der Waals surface area contributed by atoms with Crippen LogP contribution in [0.3, 0.4) is 0 Å². The van der Waals surface area contributed by atoms with Gasteiger partial charge in [0.2, 0.25) is 6.34 Å². The van der Waals surface area contributed by atoms with Crippen LogP contribution in [0.15, 0.2) is 0 Å². The minimum absolute atomic E-state index is 0.186. The molecule has 1 aliphatic heterocycles. The molecule has 0 saturated carbocycles. The largest absolute Gasteiger partial charge is 0.257 e. The number of rotatable bonds is 4. The first kappa shape index (κ1) is 15.5. The fourth-order valence-electron chi connectivity index (χ4n) is 2.88. The molecule has 2 nitrogen and oxygen atoms in total. The third kappa shape index (κ3) is 2.31. The van der Waals surface area contributed by atoms with Crippen LogP contribution in [0.1, 0.15) is 75.2 Å². The van der Waals surface area contributed by atoms with Crippen molar-refractivity contribution in [3.05, 3.63) is 0 Å². The molecule has 0 amide bonds. The van der Waals surface area contributed by atoms with Crippen molar-refractivity contribution < 1.29 is 4.58 Å². The van der Waals surface area contributed by atoms with Gasteiger partial charge in [-0.1, -0.05) is 13.8 Å². The molecule has 0 radical (unpaired) electrons. The summed E-state index contributed by atoms with van der Waals surface area (Å²) in [4.78, 5) is 2.57. The Bertz CT molecular complexity index is 337. The van der Waals surface area contributed by atoms with Crippen molar-refractivity contribution in [2.75, 3.05) is 0 Å². The minimum Gasteiger partial charge on any atom is -0.257 e. The molecule has 0 N–H and O–H groups in total. The number of nitrogens with zero attached hydrogens (tertiary/aromatic N) is 2. The Morgan fingerprint density at radius 3 is 2.00 bits per heavy atom. The molecule has 0 fully saturated rings. The molecule has 0 spiro atoms. The average Bonchev–Trinajstić information content (AvgIpc) is 2.52.